The maximum absolute atomic E-state index is 5.91. The van der Waals surface area contributed by atoms with Crippen LogP contribution < -0.4 is 0 Å². The smallest absolute Gasteiger partial charge is 0.0783 e. The van der Waals surface area contributed by atoms with Crippen molar-refractivity contribution in [2.45, 2.75) is 96.7 Å². The Balaban J connectivity index is 0.987. The van der Waals surface area contributed by atoms with Gasteiger partial charge in [-0.15, -0.1) is 0 Å². The first-order valence-electron chi connectivity index (χ1n) is 23.0. The summed E-state index contributed by atoms with van der Waals surface area (Å²) in [6.45, 7) is 13.3. The molecule has 0 amide bonds. The molecule has 0 aliphatic heterocycles. The molecule has 4 saturated carbocycles. The standard InChI is InChI=1S/C58H52N6/c1-34-44-22-19-41-13-7-10-16-47(41)53(44)59-28-50(34)37(4)62-56-25-40-26-57(31-56,63-38(5)51-29-60-54-45(35(51)2)23-20-42-14-8-11-17-48(42)54)33-58(27-40,32-56)64-39(6)52-30-61-55-46(36(52)3)24-21-43-15-9-12-18-49(43)55/h7-24,28-30,40H,25-27,31-33H2,1-6H3. The molecule has 0 unspecified atom stereocenters. The SMILES string of the molecule is CC(=NC12CC3CC(N=C(C)c4cnc5c(ccc6ccccc65)c4C)(C1)CC(N=C(C)c1cnc4c(ccc5ccccc54)c1C)(C3)C2)c1cnc2c(ccc3ccccc32)c1C. The van der Waals surface area contributed by atoms with Crippen LogP contribution >= 0.6 is 0 Å². The molecule has 0 radical (unpaired) electrons. The van der Waals surface area contributed by atoms with Crippen LogP contribution in [-0.4, -0.2) is 48.7 Å². The van der Waals surface area contributed by atoms with E-state index in [9.17, 15) is 0 Å². The Bertz CT molecular complexity index is 3180. The number of hydrogen-bond donors (Lipinski definition) is 0. The van der Waals surface area contributed by atoms with Crippen molar-refractivity contribution >= 4 is 82.2 Å². The van der Waals surface area contributed by atoms with Gasteiger partial charge in [-0.25, -0.2) is 0 Å². The van der Waals surface area contributed by atoms with Gasteiger partial charge in [0.25, 0.3) is 0 Å². The number of aliphatic imine (C=N–C) groups is 3. The Kier molecular flexibility index (Phi) is 8.63. The van der Waals surface area contributed by atoms with Crippen molar-refractivity contribution in [3.05, 3.63) is 161 Å². The molecule has 0 saturated heterocycles. The summed E-state index contributed by atoms with van der Waals surface area (Å²) < 4.78 is 0. The number of benzene rings is 6. The number of hydrogen-bond acceptors (Lipinski definition) is 6. The van der Waals surface area contributed by atoms with Gasteiger partial charge in [-0.2, -0.15) is 0 Å². The van der Waals surface area contributed by atoms with Crippen LogP contribution in [0, 0.1) is 26.7 Å². The van der Waals surface area contributed by atoms with Crippen molar-refractivity contribution in [1.29, 1.82) is 0 Å². The van der Waals surface area contributed by atoms with Crippen LogP contribution in [0.3, 0.4) is 0 Å². The van der Waals surface area contributed by atoms with Gasteiger partial charge in [0.15, 0.2) is 0 Å². The summed E-state index contributed by atoms with van der Waals surface area (Å²) in [5, 5.41) is 10.7. The highest BCUT2D eigenvalue weighted by molar-refractivity contribution is 6.12. The average molecular weight is 833 g/mol. The molecule has 6 heteroatoms. The highest BCUT2D eigenvalue weighted by Gasteiger charge is 2.64. The van der Waals surface area contributed by atoms with Gasteiger partial charge in [0.2, 0.25) is 0 Å². The molecule has 6 nitrogen and oxygen atoms in total. The van der Waals surface area contributed by atoms with Crippen LogP contribution in [0.25, 0.3) is 65.0 Å². The van der Waals surface area contributed by atoms with Crippen LogP contribution in [0.4, 0.5) is 0 Å². The van der Waals surface area contributed by atoms with E-state index in [0.29, 0.717) is 5.92 Å². The monoisotopic (exact) mass is 832 g/mol. The predicted octanol–water partition coefficient (Wildman–Crippen LogP) is 13.8. The number of aryl methyl sites for hydroxylation is 3. The van der Waals surface area contributed by atoms with Gasteiger partial charge >= 0.3 is 0 Å². The first-order chi connectivity index (χ1) is 31.0. The maximum atomic E-state index is 5.91. The highest BCUT2D eigenvalue weighted by Crippen LogP contribution is 2.64. The molecule has 4 bridgehead atoms. The summed E-state index contributed by atoms with van der Waals surface area (Å²) >= 11 is 0. The van der Waals surface area contributed by atoms with Crippen molar-refractivity contribution in [1.82, 2.24) is 15.0 Å². The van der Waals surface area contributed by atoms with Crippen molar-refractivity contribution in [2.75, 3.05) is 0 Å². The van der Waals surface area contributed by atoms with Gasteiger partial charge in [-0.05, 0) is 119 Å². The minimum absolute atomic E-state index is 0.312. The topological polar surface area (TPSA) is 75.8 Å². The average Bonchev–Trinajstić information content (AvgIpc) is 3.28. The first kappa shape index (κ1) is 39.0. The molecule has 4 aliphatic rings. The Hall–Kier alpha value is -6.66. The second kappa shape index (κ2) is 14.2. The van der Waals surface area contributed by atoms with Crippen molar-refractivity contribution < 1.29 is 0 Å². The van der Waals surface area contributed by atoms with Crippen LogP contribution in [0.1, 0.15) is 92.7 Å². The largest absolute Gasteiger partial charge is 0.283 e. The second-order valence-electron chi connectivity index (χ2n) is 19.7. The third-order valence-electron chi connectivity index (χ3n) is 15.5. The third-order valence-corrected chi connectivity index (χ3v) is 15.5. The molecule has 3 aromatic heterocycles. The van der Waals surface area contributed by atoms with Crippen molar-refractivity contribution in [2.24, 2.45) is 20.9 Å². The number of aromatic nitrogens is 3. The summed E-state index contributed by atoms with van der Waals surface area (Å²) in [7, 11) is 0. The third kappa shape index (κ3) is 6.05. The molecule has 64 heavy (non-hydrogen) atoms. The lowest BCUT2D eigenvalue weighted by Gasteiger charge is -2.63. The summed E-state index contributed by atoms with van der Waals surface area (Å²) in [6.07, 6.45) is 12.1. The Morgan fingerprint density at radius 2 is 0.703 bits per heavy atom. The van der Waals surface area contributed by atoms with Crippen LogP contribution in [0.15, 0.2) is 143 Å². The molecule has 4 aliphatic carbocycles. The fraction of sp³-hybridized carbons (Fsp3) is 0.276. The number of pyridine rings is 3. The van der Waals surface area contributed by atoms with E-state index in [2.05, 4.69) is 169 Å². The Labute approximate surface area is 374 Å². The normalized spacial score (nSPS) is 23.7. The van der Waals surface area contributed by atoms with Gasteiger partial charge in [0.05, 0.1) is 33.2 Å². The lowest BCUT2D eigenvalue weighted by molar-refractivity contribution is -0.0300. The molecule has 6 aromatic carbocycles. The molecule has 13 rings (SSSR count). The van der Waals surface area contributed by atoms with Crippen LogP contribution in [0.2, 0.25) is 0 Å². The van der Waals surface area contributed by atoms with Gasteiger partial charge in [0, 0.05) is 84.7 Å². The zero-order valence-corrected chi connectivity index (χ0v) is 37.6. The fourth-order valence-corrected chi connectivity index (χ4v) is 13.2. The Morgan fingerprint density at radius 3 is 1.02 bits per heavy atom. The van der Waals surface area contributed by atoms with Gasteiger partial charge in [-0.1, -0.05) is 109 Å². The summed E-state index contributed by atoms with van der Waals surface area (Å²) in [6, 6.07) is 39.0. The maximum Gasteiger partial charge on any atom is 0.0783 e. The van der Waals surface area contributed by atoms with Crippen molar-refractivity contribution in [3.63, 3.8) is 0 Å². The lowest BCUT2D eigenvalue weighted by atomic mass is 9.47. The molecule has 0 N–H and O–H groups in total. The van der Waals surface area contributed by atoms with Gasteiger partial charge < -0.3 is 0 Å². The molecule has 4 fully saturated rings. The molecular formula is C58H52N6. The summed E-state index contributed by atoms with van der Waals surface area (Å²) in [4.78, 5) is 33.1. The van der Waals surface area contributed by atoms with E-state index in [1.54, 1.807) is 0 Å². The minimum Gasteiger partial charge on any atom is -0.283 e. The predicted molar refractivity (Wildman–Crippen MR) is 268 cm³/mol. The molecule has 9 aromatic rings. The van der Waals surface area contributed by atoms with Crippen LogP contribution in [0.5, 0.6) is 0 Å². The van der Waals surface area contributed by atoms with E-state index in [1.807, 2.05) is 0 Å². The molecule has 0 atom stereocenters. The molecular weight excluding hydrogens is 781 g/mol. The zero-order chi connectivity index (χ0) is 43.5. The van der Waals surface area contributed by atoms with Gasteiger partial charge in [-0.3, -0.25) is 29.9 Å². The minimum atomic E-state index is -0.312. The quantitative estimate of drug-likeness (QED) is 0.124. The highest BCUT2D eigenvalue weighted by atomic mass is 15.1. The Morgan fingerprint density at radius 1 is 0.406 bits per heavy atom. The summed E-state index contributed by atoms with van der Waals surface area (Å²) in [5.74, 6) is 0.451. The van der Waals surface area contributed by atoms with Crippen LogP contribution in [-0.2, 0) is 0 Å². The second-order valence-corrected chi connectivity index (χ2v) is 19.7. The van der Waals surface area contributed by atoms with Gasteiger partial charge in [0.1, 0.15) is 0 Å². The van der Waals surface area contributed by atoms with E-state index in [1.165, 1.54) is 65.2 Å². The molecule has 314 valence electrons. The van der Waals surface area contributed by atoms with E-state index < -0.39 is 0 Å². The zero-order valence-electron chi connectivity index (χ0n) is 37.6. The van der Waals surface area contributed by atoms with Crippen molar-refractivity contribution in [3.8, 4) is 0 Å². The van der Waals surface area contributed by atoms with E-state index in [0.717, 1.165) is 88.9 Å². The lowest BCUT2D eigenvalue weighted by Crippen LogP contribution is -2.64. The summed E-state index contributed by atoms with van der Waals surface area (Å²) in [5.41, 5.74) is 12.4. The molecule has 0 spiro atoms. The number of fused-ring (bicyclic) bond motifs is 9. The number of rotatable bonds is 6. The fourth-order valence-electron chi connectivity index (χ4n) is 13.2. The first-order valence-corrected chi connectivity index (χ1v) is 23.0. The molecule has 3 heterocycles. The van der Waals surface area contributed by atoms with E-state index in [-0.39, 0.29) is 16.6 Å². The number of nitrogens with zero attached hydrogens (tertiary/aromatic N) is 6. The van der Waals surface area contributed by atoms with E-state index in [4.69, 9.17) is 29.9 Å². The van der Waals surface area contributed by atoms with E-state index >= 15 is 0 Å².